The molecule has 0 radical (unpaired) electrons. The van der Waals surface area contributed by atoms with E-state index < -0.39 is 35.6 Å². The Morgan fingerprint density at radius 2 is 2.07 bits per heavy atom. The molecule has 11 heteroatoms. The maximum Gasteiger partial charge on any atom is 0.408 e. The Labute approximate surface area is 159 Å². The second kappa shape index (κ2) is 7.82. The van der Waals surface area contributed by atoms with Gasteiger partial charge in [-0.05, 0) is 20.8 Å². The zero-order valence-electron chi connectivity index (χ0n) is 15.2. The molecule has 1 aliphatic heterocycles. The fourth-order valence-corrected chi connectivity index (χ4v) is 3.16. The topological polar surface area (TPSA) is 131 Å². The predicted molar refractivity (Wildman–Crippen MR) is 94.3 cm³/mol. The number of nitrogens with one attached hydrogen (secondary N) is 1. The van der Waals surface area contributed by atoms with Crippen LogP contribution in [0.25, 0.3) is 0 Å². The van der Waals surface area contributed by atoms with Crippen LogP contribution in [0.1, 0.15) is 30.4 Å². The number of anilines is 1. The Morgan fingerprint density at radius 3 is 2.63 bits per heavy atom. The minimum absolute atomic E-state index is 0.0450. The van der Waals surface area contributed by atoms with Crippen LogP contribution in [-0.2, 0) is 19.1 Å². The number of aromatic carboxylic acids is 1. The van der Waals surface area contributed by atoms with Crippen LogP contribution in [0, 0.1) is 0 Å². The van der Waals surface area contributed by atoms with Gasteiger partial charge in [0, 0.05) is 5.38 Å². The molecule has 2 rings (SSSR count). The van der Waals surface area contributed by atoms with Crippen molar-refractivity contribution < 1.29 is 38.5 Å². The van der Waals surface area contributed by atoms with Gasteiger partial charge < -0.3 is 29.5 Å². The predicted octanol–water partition coefficient (Wildman–Crippen LogP) is 1.24. The highest BCUT2D eigenvalue weighted by molar-refractivity contribution is 7.13. The number of carboxylic acid groups (broad SMARTS) is 1. The summed E-state index contributed by atoms with van der Waals surface area (Å²) in [6.45, 7) is 4.31. The number of rotatable bonds is 5. The molecule has 2 amide bonds. The van der Waals surface area contributed by atoms with Gasteiger partial charge in [0.1, 0.15) is 22.2 Å². The molecular formula is C16H20N2O8S. The summed E-state index contributed by atoms with van der Waals surface area (Å²) < 4.78 is 15.0. The molecule has 0 saturated carbocycles. The molecule has 27 heavy (non-hydrogen) atoms. The minimum Gasteiger partial charge on any atom is -0.481 e. The highest BCUT2D eigenvalue weighted by Crippen LogP contribution is 2.40. The number of hydrogen-bond donors (Lipinski definition) is 2. The van der Waals surface area contributed by atoms with Gasteiger partial charge in [0.25, 0.3) is 5.91 Å². The number of alkyl carbamates (subject to hydrolysis) is 1. The minimum atomic E-state index is -1.26. The van der Waals surface area contributed by atoms with Crippen LogP contribution in [-0.4, -0.2) is 60.9 Å². The van der Waals surface area contributed by atoms with Crippen molar-refractivity contribution in [2.45, 2.75) is 32.4 Å². The van der Waals surface area contributed by atoms with Crippen molar-refractivity contribution >= 4 is 41.0 Å². The molecule has 10 nitrogen and oxygen atoms in total. The van der Waals surface area contributed by atoms with Crippen LogP contribution in [0.4, 0.5) is 10.5 Å². The van der Waals surface area contributed by atoms with Crippen LogP contribution in [0.15, 0.2) is 5.38 Å². The maximum absolute atomic E-state index is 12.3. The molecule has 0 bridgehead atoms. The number of ether oxygens (including phenoxy) is 3. The Balaban J connectivity index is 2.28. The fraction of sp³-hybridized carbons (Fsp3) is 0.500. The third kappa shape index (κ3) is 4.88. The summed E-state index contributed by atoms with van der Waals surface area (Å²) >= 11 is 0.896. The Bertz CT molecular complexity index is 767. The molecule has 0 saturated heterocycles. The quantitative estimate of drug-likeness (QED) is 0.706. The normalized spacial score (nSPS) is 14.7. The lowest BCUT2D eigenvalue weighted by Crippen LogP contribution is -2.53. The lowest BCUT2D eigenvalue weighted by molar-refractivity contribution is -0.142. The summed E-state index contributed by atoms with van der Waals surface area (Å²) in [6, 6.07) is -1.26. The van der Waals surface area contributed by atoms with Crippen molar-refractivity contribution in [3.63, 3.8) is 0 Å². The lowest BCUT2D eigenvalue weighted by Gasteiger charge is -2.31. The third-order valence-corrected chi connectivity index (χ3v) is 4.33. The largest absolute Gasteiger partial charge is 0.481 e. The van der Waals surface area contributed by atoms with Crippen LogP contribution < -0.4 is 15.0 Å². The smallest absolute Gasteiger partial charge is 0.408 e. The fourth-order valence-electron chi connectivity index (χ4n) is 2.33. The van der Waals surface area contributed by atoms with E-state index in [1.54, 1.807) is 20.8 Å². The molecule has 0 aromatic carbocycles. The second-order valence-electron chi connectivity index (χ2n) is 6.60. The van der Waals surface area contributed by atoms with E-state index in [9.17, 15) is 24.3 Å². The molecule has 1 atom stereocenters. The van der Waals surface area contributed by atoms with Gasteiger partial charge in [0.2, 0.25) is 0 Å². The summed E-state index contributed by atoms with van der Waals surface area (Å²) in [7, 11) is 1.13. The Morgan fingerprint density at radius 1 is 1.41 bits per heavy atom. The van der Waals surface area contributed by atoms with E-state index in [-0.39, 0.29) is 29.5 Å². The first-order valence-corrected chi connectivity index (χ1v) is 8.76. The number of methoxy groups -OCH3 is 1. The number of nitrogens with zero attached hydrogens (tertiary/aromatic N) is 1. The molecule has 1 aliphatic rings. The van der Waals surface area contributed by atoms with Crippen molar-refractivity contribution in [2.75, 3.05) is 25.2 Å². The number of amides is 2. The van der Waals surface area contributed by atoms with E-state index in [1.165, 1.54) is 5.38 Å². The lowest BCUT2D eigenvalue weighted by atomic mass is 10.2. The zero-order chi connectivity index (χ0) is 20.4. The first kappa shape index (κ1) is 20.5. The van der Waals surface area contributed by atoms with Crippen molar-refractivity contribution in [3.05, 3.63) is 10.3 Å². The van der Waals surface area contributed by atoms with Crippen LogP contribution in [0.5, 0.6) is 5.75 Å². The molecule has 2 N–H and O–H groups in total. The van der Waals surface area contributed by atoms with Crippen molar-refractivity contribution in [3.8, 4) is 5.75 Å². The van der Waals surface area contributed by atoms with Crippen LogP contribution in [0.3, 0.4) is 0 Å². The SMILES string of the molecule is COC(=O)C(CN1C(=O)COc2csc(C(=O)O)c21)NC(=O)OC(C)(C)C. The average molecular weight is 400 g/mol. The number of esters is 1. The van der Waals surface area contributed by atoms with Gasteiger partial charge in [-0.15, -0.1) is 11.3 Å². The van der Waals surface area contributed by atoms with Crippen LogP contribution >= 0.6 is 11.3 Å². The molecule has 0 aliphatic carbocycles. The van der Waals surface area contributed by atoms with Crippen molar-refractivity contribution in [2.24, 2.45) is 0 Å². The van der Waals surface area contributed by atoms with Gasteiger partial charge in [-0.1, -0.05) is 0 Å². The number of thiophene rings is 1. The third-order valence-electron chi connectivity index (χ3n) is 3.39. The van der Waals surface area contributed by atoms with E-state index in [0.717, 1.165) is 23.3 Å². The van der Waals surface area contributed by atoms with Gasteiger partial charge in [-0.2, -0.15) is 0 Å². The standard InChI is InChI=1S/C16H20N2O8S/c1-16(2,3)26-15(23)17-8(14(22)24-4)5-18-10(19)6-25-9-7-27-12(11(9)18)13(20)21/h7-8H,5-6H2,1-4H3,(H,17,23)(H,20,21). The molecule has 148 valence electrons. The highest BCUT2D eigenvalue weighted by Gasteiger charge is 2.36. The number of fused-ring (bicyclic) bond motifs is 1. The zero-order valence-corrected chi connectivity index (χ0v) is 16.0. The maximum atomic E-state index is 12.3. The van der Waals surface area contributed by atoms with E-state index in [2.05, 4.69) is 10.1 Å². The molecule has 0 fully saturated rings. The average Bonchev–Trinajstić information content (AvgIpc) is 2.98. The van der Waals surface area contributed by atoms with Gasteiger partial charge in [0.05, 0.1) is 13.7 Å². The second-order valence-corrected chi connectivity index (χ2v) is 7.48. The monoisotopic (exact) mass is 400 g/mol. The Kier molecular flexibility index (Phi) is 5.94. The summed E-state index contributed by atoms with van der Waals surface area (Å²) in [5.41, 5.74) is -0.750. The number of carbonyl (C=O) groups is 4. The molecule has 1 aromatic heterocycles. The van der Waals surface area contributed by atoms with Gasteiger partial charge in [-0.3, -0.25) is 4.79 Å². The number of carbonyl (C=O) groups excluding carboxylic acids is 3. The van der Waals surface area contributed by atoms with Gasteiger partial charge >= 0.3 is 18.0 Å². The molecule has 1 aromatic rings. The molecule has 1 unspecified atom stereocenters. The molecule has 2 heterocycles. The van der Waals surface area contributed by atoms with Crippen LogP contribution in [0.2, 0.25) is 0 Å². The summed E-state index contributed by atoms with van der Waals surface area (Å²) in [6.07, 6.45) is -0.873. The van der Waals surface area contributed by atoms with E-state index in [0.29, 0.717) is 0 Å². The van der Waals surface area contributed by atoms with Crippen molar-refractivity contribution in [1.82, 2.24) is 5.32 Å². The van der Waals surface area contributed by atoms with E-state index >= 15 is 0 Å². The molecule has 0 spiro atoms. The summed E-state index contributed by atoms with van der Waals surface area (Å²) in [4.78, 5) is 48.8. The summed E-state index contributed by atoms with van der Waals surface area (Å²) in [5, 5.41) is 13.1. The first-order valence-electron chi connectivity index (χ1n) is 7.88. The van der Waals surface area contributed by atoms with Crippen molar-refractivity contribution in [1.29, 1.82) is 0 Å². The Hall–Kier alpha value is -2.82. The number of carboxylic acids is 1. The highest BCUT2D eigenvalue weighted by atomic mass is 32.1. The summed E-state index contributed by atoms with van der Waals surface area (Å²) in [5.74, 6) is -2.38. The van der Waals surface area contributed by atoms with Gasteiger partial charge in [0.15, 0.2) is 12.4 Å². The molecular weight excluding hydrogens is 380 g/mol. The van der Waals surface area contributed by atoms with E-state index in [4.69, 9.17) is 9.47 Å². The van der Waals surface area contributed by atoms with E-state index in [1.807, 2.05) is 0 Å². The first-order chi connectivity index (χ1) is 12.5. The van der Waals surface area contributed by atoms with Gasteiger partial charge in [-0.25, -0.2) is 14.4 Å². The number of hydrogen-bond acceptors (Lipinski definition) is 8.